The molecule has 3 heterocycles. The molecule has 3 saturated heterocycles. The summed E-state index contributed by atoms with van der Waals surface area (Å²) in [5.41, 5.74) is -0.0702. The van der Waals surface area contributed by atoms with Crippen molar-refractivity contribution in [1.82, 2.24) is 19.6 Å². The SMILES string of the molecule is C=CCN1CC[C@@]2(CCC1=O)CN(C(=O)N1CCCC1)CCN2C. The Morgan fingerprint density at radius 3 is 2.58 bits per heavy atom. The highest BCUT2D eigenvalue weighted by molar-refractivity contribution is 5.77. The molecule has 1 spiro atoms. The summed E-state index contributed by atoms with van der Waals surface area (Å²) in [6.45, 7) is 9.33. The Morgan fingerprint density at radius 1 is 1.12 bits per heavy atom. The quantitative estimate of drug-likeness (QED) is 0.717. The zero-order valence-electron chi connectivity index (χ0n) is 14.9. The first-order chi connectivity index (χ1) is 11.6. The summed E-state index contributed by atoms with van der Waals surface area (Å²) in [6.07, 6.45) is 6.35. The van der Waals surface area contributed by atoms with E-state index in [1.54, 1.807) is 6.08 Å². The van der Waals surface area contributed by atoms with E-state index in [1.165, 1.54) is 0 Å². The minimum Gasteiger partial charge on any atom is -0.339 e. The Hall–Kier alpha value is -1.56. The molecule has 0 aromatic carbocycles. The van der Waals surface area contributed by atoms with Crippen molar-refractivity contribution in [3.8, 4) is 0 Å². The highest BCUT2D eigenvalue weighted by atomic mass is 16.2. The minimum absolute atomic E-state index is 0.0702. The Kier molecular flexibility index (Phi) is 5.13. The molecule has 0 radical (unpaired) electrons. The van der Waals surface area contributed by atoms with Crippen LogP contribution in [0.4, 0.5) is 4.79 Å². The van der Waals surface area contributed by atoms with Crippen LogP contribution >= 0.6 is 0 Å². The van der Waals surface area contributed by atoms with E-state index in [1.807, 2.05) is 14.7 Å². The van der Waals surface area contributed by atoms with Crippen molar-refractivity contribution in [2.24, 2.45) is 0 Å². The topological polar surface area (TPSA) is 47.1 Å². The summed E-state index contributed by atoms with van der Waals surface area (Å²) in [4.78, 5) is 33.4. The maximum absolute atomic E-state index is 12.8. The van der Waals surface area contributed by atoms with Crippen molar-refractivity contribution < 1.29 is 9.59 Å². The Morgan fingerprint density at radius 2 is 1.88 bits per heavy atom. The number of urea groups is 1. The second-order valence-electron chi connectivity index (χ2n) is 7.42. The van der Waals surface area contributed by atoms with E-state index < -0.39 is 0 Å². The molecule has 0 saturated carbocycles. The molecule has 0 aliphatic carbocycles. The van der Waals surface area contributed by atoms with Crippen LogP contribution in [-0.2, 0) is 4.79 Å². The largest absolute Gasteiger partial charge is 0.339 e. The summed E-state index contributed by atoms with van der Waals surface area (Å²) in [6, 6.07) is 0.193. The van der Waals surface area contributed by atoms with Gasteiger partial charge in [0.15, 0.2) is 0 Å². The molecule has 0 aromatic rings. The van der Waals surface area contributed by atoms with Gasteiger partial charge in [-0.3, -0.25) is 9.69 Å². The molecule has 134 valence electrons. The van der Waals surface area contributed by atoms with Gasteiger partial charge in [0.2, 0.25) is 5.91 Å². The van der Waals surface area contributed by atoms with Crippen LogP contribution < -0.4 is 0 Å². The van der Waals surface area contributed by atoms with Crippen LogP contribution in [0.1, 0.15) is 32.1 Å². The van der Waals surface area contributed by atoms with Crippen molar-refractivity contribution in [3.63, 3.8) is 0 Å². The van der Waals surface area contributed by atoms with Gasteiger partial charge in [0.1, 0.15) is 0 Å². The first kappa shape index (κ1) is 17.3. The number of carbonyl (C=O) groups excluding carboxylic acids is 2. The minimum atomic E-state index is -0.0702. The van der Waals surface area contributed by atoms with Crippen molar-refractivity contribution in [2.45, 2.75) is 37.6 Å². The lowest BCUT2D eigenvalue weighted by Crippen LogP contribution is -2.63. The number of nitrogens with zero attached hydrogens (tertiary/aromatic N) is 4. The molecule has 0 unspecified atom stereocenters. The average molecular weight is 334 g/mol. The summed E-state index contributed by atoms with van der Waals surface area (Å²) in [5.74, 6) is 0.211. The molecule has 3 aliphatic rings. The highest BCUT2D eigenvalue weighted by Gasteiger charge is 2.44. The number of likely N-dealkylation sites (N-methyl/N-ethyl adjacent to an activating group) is 1. The molecular formula is C18H30N4O2. The lowest BCUT2D eigenvalue weighted by Gasteiger charge is -2.49. The van der Waals surface area contributed by atoms with Gasteiger partial charge in [-0.1, -0.05) is 6.08 Å². The van der Waals surface area contributed by atoms with Gasteiger partial charge in [0.25, 0.3) is 0 Å². The van der Waals surface area contributed by atoms with E-state index in [4.69, 9.17) is 0 Å². The van der Waals surface area contributed by atoms with E-state index in [2.05, 4.69) is 18.5 Å². The van der Waals surface area contributed by atoms with Crippen LogP contribution in [0.2, 0.25) is 0 Å². The summed E-state index contributed by atoms with van der Waals surface area (Å²) in [7, 11) is 2.14. The maximum Gasteiger partial charge on any atom is 0.320 e. The molecule has 0 N–H and O–H groups in total. The van der Waals surface area contributed by atoms with Crippen molar-refractivity contribution in [2.75, 3.05) is 52.9 Å². The monoisotopic (exact) mass is 334 g/mol. The van der Waals surface area contributed by atoms with Crippen molar-refractivity contribution in [3.05, 3.63) is 12.7 Å². The van der Waals surface area contributed by atoms with E-state index in [-0.39, 0.29) is 17.5 Å². The molecule has 0 aromatic heterocycles. The Bertz CT molecular complexity index is 503. The Balaban J connectivity index is 1.71. The molecule has 0 bridgehead atoms. The maximum atomic E-state index is 12.8. The van der Waals surface area contributed by atoms with Gasteiger partial charge < -0.3 is 14.7 Å². The van der Waals surface area contributed by atoms with E-state index in [0.29, 0.717) is 13.0 Å². The van der Waals surface area contributed by atoms with Gasteiger partial charge >= 0.3 is 6.03 Å². The normalized spacial score (nSPS) is 29.2. The molecule has 1 atom stereocenters. The summed E-state index contributed by atoms with van der Waals surface area (Å²) in [5, 5.41) is 0. The van der Waals surface area contributed by atoms with Crippen LogP contribution in [0.25, 0.3) is 0 Å². The smallest absolute Gasteiger partial charge is 0.320 e. The predicted molar refractivity (Wildman–Crippen MR) is 93.8 cm³/mol. The molecule has 6 nitrogen and oxygen atoms in total. The molecule has 3 rings (SSSR count). The second kappa shape index (κ2) is 7.13. The number of amides is 3. The third kappa shape index (κ3) is 3.29. The summed E-state index contributed by atoms with van der Waals surface area (Å²) >= 11 is 0. The van der Waals surface area contributed by atoms with E-state index in [0.717, 1.165) is 65.0 Å². The lowest BCUT2D eigenvalue weighted by molar-refractivity contribution is -0.130. The van der Waals surface area contributed by atoms with Gasteiger partial charge in [-0.05, 0) is 32.7 Å². The number of likely N-dealkylation sites (tertiary alicyclic amines) is 2. The summed E-state index contributed by atoms with van der Waals surface area (Å²) < 4.78 is 0. The van der Waals surface area contributed by atoms with Gasteiger partial charge in [0.05, 0.1) is 0 Å². The zero-order valence-corrected chi connectivity index (χ0v) is 14.9. The average Bonchev–Trinajstić information content (AvgIpc) is 3.07. The fourth-order valence-corrected chi connectivity index (χ4v) is 4.31. The predicted octanol–water partition coefficient (Wildman–Crippen LogP) is 1.39. The number of rotatable bonds is 2. The van der Waals surface area contributed by atoms with Crippen molar-refractivity contribution >= 4 is 11.9 Å². The molecule has 24 heavy (non-hydrogen) atoms. The highest BCUT2D eigenvalue weighted by Crippen LogP contribution is 2.32. The number of carbonyl (C=O) groups is 2. The first-order valence-corrected chi connectivity index (χ1v) is 9.19. The Labute approximate surface area is 145 Å². The van der Waals surface area contributed by atoms with Gasteiger partial charge in [-0.15, -0.1) is 6.58 Å². The lowest BCUT2D eigenvalue weighted by atomic mass is 9.86. The van der Waals surface area contributed by atoms with E-state index in [9.17, 15) is 9.59 Å². The molecular weight excluding hydrogens is 304 g/mol. The van der Waals surface area contributed by atoms with Gasteiger partial charge in [-0.2, -0.15) is 0 Å². The van der Waals surface area contributed by atoms with Gasteiger partial charge in [-0.25, -0.2) is 4.79 Å². The second-order valence-corrected chi connectivity index (χ2v) is 7.42. The third-order valence-electron chi connectivity index (χ3n) is 6.00. The zero-order chi connectivity index (χ0) is 17.2. The molecule has 3 amide bonds. The molecule has 6 heteroatoms. The van der Waals surface area contributed by atoms with Gasteiger partial charge in [0, 0.05) is 57.8 Å². The fraction of sp³-hybridized carbons (Fsp3) is 0.778. The molecule has 3 fully saturated rings. The van der Waals surface area contributed by atoms with Crippen LogP contribution in [-0.4, -0.2) is 89.9 Å². The molecule has 3 aliphatic heterocycles. The van der Waals surface area contributed by atoms with Crippen molar-refractivity contribution in [1.29, 1.82) is 0 Å². The van der Waals surface area contributed by atoms with Crippen LogP contribution in [0.5, 0.6) is 0 Å². The number of hydrogen-bond acceptors (Lipinski definition) is 3. The van der Waals surface area contributed by atoms with Crippen LogP contribution in [0.3, 0.4) is 0 Å². The van der Waals surface area contributed by atoms with Crippen LogP contribution in [0, 0.1) is 0 Å². The first-order valence-electron chi connectivity index (χ1n) is 9.19. The third-order valence-corrected chi connectivity index (χ3v) is 6.00. The number of hydrogen-bond donors (Lipinski definition) is 0. The standard InChI is InChI=1S/C18H30N4O2/c1-3-9-20-12-8-18(7-6-16(20)23)15-22(14-13-19(18)2)17(24)21-10-4-5-11-21/h3H,1,4-15H2,2H3/t18-/m0/s1. The fourth-order valence-electron chi connectivity index (χ4n) is 4.31. The number of piperazine rings is 1. The van der Waals surface area contributed by atoms with Crippen LogP contribution in [0.15, 0.2) is 12.7 Å². The van der Waals surface area contributed by atoms with E-state index >= 15 is 0 Å².